The highest BCUT2D eigenvalue weighted by Crippen LogP contribution is 2.33. The predicted molar refractivity (Wildman–Crippen MR) is 64.2 cm³/mol. The van der Waals surface area contributed by atoms with Gasteiger partial charge >= 0.3 is 0 Å². The molecule has 0 aliphatic heterocycles. The molecule has 0 fully saturated rings. The van der Waals surface area contributed by atoms with Crippen LogP contribution in [-0.2, 0) is 6.42 Å². The molecule has 3 heteroatoms. The minimum Gasteiger partial charge on any atom is -0.198 e. The summed E-state index contributed by atoms with van der Waals surface area (Å²) in [5.41, 5.74) is 0.473. The molecule has 0 spiro atoms. The number of halogens is 2. The second-order valence-corrected chi connectivity index (χ2v) is 4.72. The van der Waals surface area contributed by atoms with Crippen LogP contribution in [0.3, 0.4) is 0 Å². The van der Waals surface area contributed by atoms with Crippen molar-refractivity contribution in [1.82, 2.24) is 0 Å². The summed E-state index contributed by atoms with van der Waals surface area (Å²) in [6.45, 7) is 3.92. The van der Waals surface area contributed by atoms with Gasteiger partial charge in [-0.2, -0.15) is 5.26 Å². The van der Waals surface area contributed by atoms with E-state index in [0.29, 0.717) is 16.5 Å². The molecule has 1 unspecified atom stereocenters. The molecule has 0 saturated heterocycles. The second-order valence-electron chi connectivity index (χ2n) is 3.90. The van der Waals surface area contributed by atoms with Gasteiger partial charge in [0, 0.05) is 10.0 Å². The highest BCUT2D eigenvalue weighted by atomic mass is 35.5. The molecule has 15 heavy (non-hydrogen) atoms. The lowest BCUT2D eigenvalue weighted by Gasteiger charge is -2.20. The molecule has 1 atom stereocenters. The smallest absolute Gasteiger partial charge is 0.0690 e. The molecular formula is C12H13Cl2N. The van der Waals surface area contributed by atoms with Crippen LogP contribution in [0.25, 0.3) is 0 Å². The summed E-state index contributed by atoms with van der Waals surface area (Å²) in [5, 5.41) is 10.4. The Hall–Kier alpha value is -0.710. The Balaban J connectivity index is 3.05. The molecular weight excluding hydrogens is 229 g/mol. The quantitative estimate of drug-likeness (QED) is 0.766. The molecule has 0 heterocycles. The molecule has 1 rings (SSSR count). The lowest BCUT2D eigenvalue weighted by atomic mass is 9.83. The SMILES string of the molecule is CCC(C)(C#N)Cc1c(Cl)cccc1Cl. The van der Waals surface area contributed by atoms with E-state index in [-0.39, 0.29) is 0 Å². The third kappa shape index (κ3) is 2.87. The predicted octanol–water partition coefficient (Wildman–Crippen LogP) is 4.48. The van der Waals surface area contributed by atoms with Crippen molar-refractivity contribution in [3.8, 4) is 6.07 Å². The third-order valence-electron chi connectivity index (χ3n) is 2.68. The van der Waals surface area contributed by atoms with Gasteiger partial charge in [-0.1, -0.05) is 36.2 Å². The van der Waals surface area contributed by atoms with E-state index in [2.05, 4.69) is 6.07 Å². The highest BCUT2D eigenvalue weighted by Gasteiger charge is 2.24. The number of nitriles is 1. The van der Waals surface area contributed by atoms with E-state index in [0.717, 1.165) is 12.0 Å². The Labute approximate surface area is 101 Å². The molecule has 1 aromatic carbocycles. The van der Waals surface area contributed by atoms with Gasteiger partial charge in [0.2, 0.25) is 0 Å². The average molecular weight is 242 g/mol. The van der Waals surface area contributed by atoms with Crippen LogP contribution in [0, 0.1) is 16.7 Å². The molecule has 0 radical (unpaired) electrons. The minimum atomic E-state index is -0.394. The first kappa shape index (κ1) is 12.4. The zero-order chi connectivity index (χ0) is 11.5. The van der Waals surface area contributed by atoms with Crippen LogP contribution in [0.5, 0.6) is 0 Å². The summed E-state index contributed by atoms with van der Waals surface area (Å²) in [7, 11) is 0. The van der Waals surface area contributed by atoms with Gasteiger partial charge in [-0.25, -0.2) is 0 Å². The highest BCUT2D eigenvalue weighted by molar-refractivity contribution is 6.36. The number of nitrogens with zero attached hydrogens (tertiary/aromatic N) is 1. The van der Waals surface area contributed by atoms with Crippen molar-refractivity contribution in [3.05, 3.63) is 33.8 Å². The number of hydrogen-bond acceptors (Lipinski definition) is 1. The summed E-state index contributed by atoms with van der Waals surface area (Å²) in [4.78, 5) is 0. The van der Waals surface area contributed by atoms with E-state index in [4.69, 9.17) is 28.5 Å². The fourth-order valence-corrected chi connectivity index (χ4v) is 1.87. The van der Waals surface area contributed by atoms with Crippen LogP contribution >= 0.6 is 23.2 Å². The van der Waals surface area contributed by atoms with E-state index in [9.17, 15) is 0 Å². The van der Waals surface area contributed by atoms with E-state index in [1.54, 1.807) is 12.1 Å². The largest absolute Gasteiger partial charge is 0.198 e. The van der Waals surface area contributed by atoms with E-state index in [1.807, 2.05) is 19.9 Å². The number of rotatable bonds is 3. The third-order valence-corrected chi connectivity index (χ3v) is 3.39. The first-order valence-corrected chi connectivity index (χ1v) is 5.62. The molecule has 0 N–H and O–H groups in total. The molecule has 0 aromatic heterocycles. The molecule has 1 nitrogen and oxygen atoms in total. The van der Waals surface area contributed by atoms with Crippen LogP contribution in [0.4, 0.5) is 0 Å². The second kappa shape index (κ2) is 4.88. The Kier molecular flexibility index (Phi) is 4.02. The topological polar surface area (TPSA) is 23.8 Å². The summed E-state index contributed by atoms with van der Waals surface area (Å²) >= 11 is 12.1. The van der Waals surface area contributed by atoms with Gasteiger partial charge in [0.25, 0.3) is 0 Å². The molecule has 80 valence electrons. The van der Waals surface area contributed by atoms with Crippen LogP contribution in [0.15, 0.2) is 18.2 Å². The van der Waals surface area contributed by atoms with Crippen molar-refractivity contribution in [1.29, 1.82) is 5.26 Å². The molecule has 0 aliphatic rings. The number of benzene rings is 1. The van der Waals surface area contributed by atoms with Gasteiger partial charge in [-0.3, -0.25) is 0 Å². The maximum Gasteiger partial charge on any atom is 0.0690 e. The molecule has 1 aromatic rings. The van der Waals surface area contributed by atoms with Gasteiger partial charge < -0.3 is 0 Å². The van der Waals surface area contributed by atoms with Crippen molar-refractivity contribution < 1.29 is 0 Å². The summed E-state index contributed by atoms with van der Waals surface area (Å²) < 4.78 is 0. The van der Waals surface area contributed by atoms with E-state index in [1.165, 1.54) is 0 Å². The van der Waals surface area contributed by atoms with Gasteiger partial charge in [-0.15, -0.1) is 0 Å². The van der Waals surface area contributed by atoms with Crippen LogP contribution in [-0.4, -0.2) is 0 Å². The van der Waals surface area contributed by atoms with Crippen molar-refractivity contribution in [2.75, 3.05) is 0 Å². The van der Waals surface area contributed by atoms with Gasteiger partial charge in [-0.05, 0) is 37.5 Å². The Morgan fingerprint density at radius 2 is 1.87 bits per heavy atom. The fourth-order valence-electron chi connectivity index (χ4n) is 1.33. The summed E-state index contributed by atoms with van der Waals surface area (Å²) in [5.74, 6) is 0. The number of hydrogen-bond donors (Lipinski definition) is 0. The van der Waals surface area contributed by atoms with Crippen LogP contribution < -0.4 is 0 Å². The standard InChI is InChI=1S/C12H13Cl2N/c1-3-12(2,8-15)7-9-10(13)5-4-6-11(9)14/h4-6H,3,7H2,1-2H3. The van der Waals surface area contributed by atoms with Crippen molar-refractivity contribution >= 4 is 23.2 Å². The summed E-state index contributed by atoms with van der Waals surface area (Å²) in [6, 6.07) is 7.73. The van der Waals surface area contributed by atoms with Crippen molar-refractivity contribution in [3.63, 3.8) is 0 Å². The van der Waals surface area contributed by atoms with Crippen LogP contribution in [0.2, 0.25) is 10.0 Å². The lowest BCUT2D eigenvalue weighted by Crippen LogP contribution is -2.16. The molecule has 0 saturated carbocycles. The normalized spacial score (nSPS) is 14.3. The van der Waals surface area contributed by atoms with Gasteiger partial charge in [0.15, 0.2) is 0 Å². The fraction of sp³-hybridized carbons (Fsp3) is 0.417. The minimum absolute atomic E-state index is 0.394. The van der Waals surface area contributed by atoms with Gasteiger partial charge in [0.1, 0.15) is 0 Å². The Bertz CT molecular complexity index is 375. The summed E-state index contributed by atoms with van der Waals surface area (Å²) in [6.07, 6.45) is 1.38. The van der Waals surface area contributed by atoms with Crippen molar-refractivity contribution in [2.24, 2.45) is 5.41 Å². The van der Waals surface area contributed by atoms with Crippen LogP contribution in [0.1, 0.15) is 25.8 Å². The monoisotopic (exact) mass is 241 g/mol. The molecule has 0 amide bonds. The molecule has 0 aliphatic carbocycles. The van der Waals surface area contributed by atoms with E-state index >= 15 is 0 Å². The Morgan fingerprint density at radius 3 is 2.27 bits per heavy atom. The van der Waals surface area contributed by atoms with E-state index < -0.39 is 5.41 Å². The average Bonchev–Trinajstić information content (AvgIpc) is 2.23. The first-order valence-electron chi connectivity index (χ1n) is 4.86. The van der Waals surface area contributed by atoms with Crippen molar-refractivity contribution in [2.45, 2.75) is 26.7 Å². The zero-order valence-corrected chi connectivity index (χ0v) is 10.4. The maximum absolute atomic E-state index is 9.09. The first-order chi connectivity index (χ1) is 7.02. The Morgan fingerprint density at radius 1 is 1.33 bits per heavy atom. The zero-order valence-electron chi connectivity index (χ0n) is 8.85. The lowest BCUT2D eigenvalue weighted by molar-refractivity contribution is 0.423. The van der Waals surface area contributed by atoms with Gasteiger partial charge in [0.05, 0.1) is 11.5 Å². The maximum atomic E-state index is 9.09. The molecule has 0 bridgehead atoms.